The Hall–Kier alpha value is -0.610. The first-order chi connectivity index (χ1) is 5.88. The van der Waals surface area contributed by atoms with Crippen LogP contribution < -0.4 is 5.32 Å². The lowest BCUT2D eigenvalue weighted by Gasteiger charge is -2.36. The van der Waals surface area contributed by atoms with Crippen molar-refractivity contribution in [3.63, 3.8) is 0 Å². The summed E-state index contributed by atoms with van der Waals surface area (Å²) in [6.07, 6.45) is -0.307. The molecule has 1 aliphatic heterocycles. The Bertz CT molecular complexity index is 192. The number of nitrogens with zero attached hydrogens (tertiary/aromatic N) is 1. The number of hydrogen-bond donors (Lipinski definition) is 2. The Morgan fingerprint density at radius 2 is 2.08 bits per heavy atom. The van der Waals surface area contributed by atoms with Gasteiger partial charge in [-0.3, -0.25) is 4.79 Å². The molecule has 0 unspecified atom stereocenters. The number of nitrogens with one attached hydrogen (secondary N) is 1. The van der Waals surface area contributed by atoms with Crippen LogP contribution in [0.1, 0.15) is 20.8 Å². The van der Waals surface area contributed by atoms with Crippen molar-refractivity contribution < 1.29 is 9.90 Å². The summed E-state index contributed by atoms with van der Waals surface area (Å²) in [7, 11) is 0. The van der Waals surface area contributed by atoms with Crippen LogP contribution in [0, 0.1) is 0 Å². The molecule has 2 N–H and O–H groups in total. The van der Waals surface area contributed by atoms with Crippen molar-refractivity contribution in [2.45, 2.75) is 32.4 Å². The van der Waals surface area contributed by atoms with Gasteiger partial charge in [0.05, 0.1) is 12.6 Å². The van der Waals surface area contributed by atoms with Crippen LogP contribution in [0.3, 0.4) is 0 Å². The highest BCUT2D eigenvalue weighted by atomic mass is 16.3. The lowest BCUT2D eigenvalue weighted by Crippen LogP contribution is -2.56. The van der Waals surface area contributed by atoms with Crippen molar-refractivity contribution in [1.29, 1.82) is 0 Å². The Morgan fingerprint density at radius 1 is 1.54 bits per heavy atom. The molecule has 1 fully saturated rings. The maximum absolute atomic E-state index is 11.4. The second kappa shape index (κ2) is 3.64. The topological polar surface area (TPSA) is 52.6 Å². The molecule has 0 atom stereocenters. The lowest BCUT2D eigenvalue weighted by atomic mass is 10.1. The van der Waals surface area contributed by atoms with Crippen molar-refractivity contribution in [2.75, 3.05) is 19.6 Å². The van der Waals surface area contributed by atoms with Crippen molar-refractivity contribution in [3.05, 3.63) is 0 Å². The summed E-state index contributed by atoms with van der Waals surface area (Å²) in [5.74, 6) is 0.0697. The number of amides is 1. The number of β-amino-alcohol motifs (C(OH)–C–C–N with tert-alkyl or cyclic N) is 1. The third-order valence-corrected chi connectivity index (χ3v) is 1.98. The molecule has 0 aromatic heterocycles. The molecule has 0 spiro atoms. The molecule has 0 aromatic carbocycles. The van der Waals surface area contributed by atoms with Gasteiger partial charge in [-0.1, -0.05) is 0 Å². The summed E-state index contributed by atoms with van der Waals surface area (Å²) in [6, 6.07) is 0. The number of rotatable bonds is 2. The first kappa shape index (κ1) is 10.5. The minimum absolute atomic E-state index is 0.0286. The average molecular weight is 186 g/mol. The van der Waals surface area contributed by atoms with E-state index in [4.69, 9.17) is 5.11 Å². The van der Waals surface area contributed by atoms with Crippen LogP contribution in [0.4, 0.5) is 0 Å². The molecule has 1 aliphatic rings. The molecule has 4 nitrogen and oxygen atoms in total. The number of aliphatic hydroxyl groups is 1. The zero-order chi connectivity index (χ0) is 10.1. The highest BCUT2D eigenvalue weighted by Crippen LogP contribution is 2.07. The summed E-state index contributed by atoms with van der Waals surface area (Å²) in [4.78, 5) is 13.0. The fourth-order valence-electron chi connectivity index (χ4n) is 1.11. The third kappa shape index (κ3) is 3.32. The Balaban J connectivity index is 2.19. The smallest absolute Gasteiger partial charge is 0.236 e. The normalized spacial score (nSPS) is 18.6. The molecule has 1 saturated heterocycles. The first-order valence-corrected chi connectivity index (χ1v) is 4.59. The van der Waals surface area contributed by atoms with E-state index in [9.17, 15) is 4.79 Å². The molecule has 0 bridgehead atoms. The van der Waals surface area contributed by atoms with Crippen LogP contribution in [-0.2, 0) is 4.79 Å². The molecule has 13 heavy (non-hydrogen) atoms. The SMILES string of the molecule is CC(C)(C)NCC(=O)N1CC(O)C1. The van der Waals surface area contributed by atoms with Gasteiger partial charge in [-0.05, 0) is 20.8 Å². The summed E-state index contributed by atoms with van der Waals surface area (Å²) in [6.45, 7) is 7.40. The molecule has 4 heteroatoms. The van der Waals surface area contributed by atoms with Crippen LogP contribution in [0.15, 0.2) is 0 Å². The second-order valence-electron chi connectivity index (χ2n) is 4.56. The van der Waals surface area contributed by atoms with Crippen LogP contribution in [0.25, 0.3) is 0 Å². The predicted molar refractivity (Wildman–Crippen MR) is 50.3 cm³/mol. The number of aliphatic hydroxyl groups excluding tert-OH is 1. The van der Waals surface area contributed by atoms with Gasteiger partial charge in [0, 0.05) is 18.6 Å². The quantitative estimate of drug-likeness (QED) is 0.615. The second-order valence-corrected chi connectivity index (χ2v) is 4.56. The van der Waals surface area contributed by atoms with Gasteiger partial charge in [-0.2, -0.15) is 0 Å². The van der Waals surface area contributed by atoms with E-state index in [1.54, 1.807) is 4.90 Å². The van der Waals surface area contributed by atoms with Gasteiger partial charge in [0.2, 0.25) is 5.91 Å². The Morgan fingerprint density at radius 3 is 2.46 bits per heavy atom. The largest absolute Gasteiger partial charge is 0.389 e. The van der Waals surface area contributed by atoms with Gasteiger partial charge in [0.1, 0.15) is 0 Å². The van der Waals surface area contributed by atoms with Crippen LogP contribution >= 0.6 is 0 Å². The minimum atomic E-state index is -0.307. The van der Waals surface area contributed by atoms with Gasteiger partial charge < -0.3 is 15.3 Å². The molecular weight excluding hydrogens is 168 g/mol. The summed E-state index contributed by atoms with van der Waals surface area (Å²) >= 11 is 0. The van der Waals surface area contributed by atoms with E-state index < -0.39 is 0 Å². The van der Waals surface area contributed by atoms with E-state index in [-0.39, 0.29) is 17.6 Å². The predicted octanol–water partition coefficient (Wildman–Crippen LogP) is -0.422. The minimum Gasteiger partial charge on any atom is -0.389 e. The zero-order valence-electron chi connectivity index (χ0n) is 8.50. The lowest BCUT2D eigenvalue weighted by molar-refractivity contribution is -0.140. The molecule has 76 valence electrons. The van der Waals surface area contributed by atoms with E-state index >= 15 is 0 Å². The van der Waals surface area contributed by atoms with Crippen LogP contribution in [0.5, 0.6) is 0 Å². The third-order valence-electron chi connectivity index (χ3n) is 1.98. The molecule has 1 amide bonds. The maximum atomic E-state index is 11.4. The number of likely N-dealkylation sites (tertiary alicyclic amines) is 1. The highest BCUT2D eigenvalue weighted by molar-refractivity contribution is 5.79. The van der Waals surface area contributed by atoms with Gasteiger partial charge in [-0.25, -0.2) is 0 Å². The van der Waals surface area contributed by atoms with Gasteiger partial charge in [-0.15, -0.1) is 0 Å². The van der Waals surface area contributed by atoms with E-state index in [1.165, 1.54) is 0 Å². The van der Waals surface area contributed by atoms with E-state index in [1.807, 2.05) is 20.8 Å². The van der Waals surface area contributed by atoms with E-state index in [0.29, 0.717) is 19.6 Å². The first-order valence-electron chi connectivity index (χ1n) is 4.59. The number of carbonyl (C=O) groups is 1. The Kier molecular flexibility index (Phi) is 2.93. The molecule has 0 saturated carbocycles. The highest BCUT2D eigenvalue weighted by Gasteiger charge is 2.28. The van der Waals surface area contributed by atoms with Gasteiger partial charge in [0.15, 0.2) is 0 Å². The zero-order valence-corrected chi connectivity index (χ0v) is 8.50. The van der Waals surface area contributed by atoms with Crippen molar-refractivity contribution in [3.8, 4) is 0 Å². The number of hydrogen-bond acceptors (Lipinski definition) is 3. The van der Waals surface area contributed by atoms with E-state index in [0.717, 1.165) is 0 Å². The van der Waals surface area contributed by atoms with Gasteiger partial charge >= 0.3 is 0 Å². The summed E-state index contributed by atoms with van der Waals surface area (Å²) in [5.41, 5.74) is -0.0286. The Labute approximate surface area is 78.9 Å². The number of carbonyl (C=O) groups excluding carboxylic acids is 1. The molecule has 0 radical (unpaired) electrons. The van der Waals surface area contributed by atoms with E-state index in [2.05, 4.69) is 5.32 Å². The molecule has 0 aromatic rings. The monoisotopic (exact) mass is 186 g/mol. The fraction of sp³-hybridized carbons (Fsp3) is 0.889. The fourth-order valence-corrected chi connectivity index (χ4v) is 1.11. The standard InChI is InChI=1S/C9H18N2O2/c1-9(2,3)10-4-8(13)11-5-7(12)6-11/h7,10,12H,4-6H2,1-3H3. The van der Waals surface area contributed by atoms with Crippen molar-refractivity contribution in [2.24, 2.45) is 0 Å². The van der Waals surface area contributed by atoms with Gasteiger partial charge in [0.25, 0.3) is 0 Å². The molecule has 0 aliphatic carbocycles. The average Bonchev–Trinajstić information content (AvgIpc) is 1.93. The molecule has 1 heterocycles. The summed E-state index contributed by atoms with van der Waals surface area (Å²) in [5, 5.41) is 12.1. The van der Waals surface area contributed by atoms with Crippen LogP contribution in [0.2, 0.25) is 0 Å². The molecule has 1 rings (SSSR count). The maximum Gasteiger partial charge on any atom is 0.236 e. The van der Waals surface area contributed by atoms with Crippen molar-refractivity contribution >= 4 is 5.91 Å². The molecular formula is C9H18N2O2. The van der Waals surface area contributed by atoms with Crippen molar-refractivity contribution in [1.82, 2.24) is 10.2 Å². The van der Waals surface area contributed by atoms with Crippen LogP contribution in [-0.4, -0.2) is 47.2 Å². The summed E-state index contributed by atoms with van der Waals surface area (Å²) < 4.78 is 0.